The van der Waals surface area contributed by atoms with E-state index in [4.69, 9.17) is 4.74 Å². The molecule has 0 aromatic heterocycles. The lowest BCUT2D eigenvalue weighted by atomic mass is 10.1. The molecule has 1 unspecified atom stereocenters. The number of halogens is 1. The van der Waals surface area contributed by atoms with Gasteiger partial charge < -0.3 is 10.1 Å². The molecule has 7 heteroatoms. The Balaban J connectivity index is 2.18. The summed E-state index contributed by atoms with van der Waals surface area (Å²) in [6, 6.07) is 11.7. The fourth-order valence-electron chi connectivity index (χ4n) is 2.94. The molecule has 0 aliphatic heterocycles. The van der Waals surface area contributed by atoms with E-state index in [9.17, 15) is 14.0 Å². The highest BCUT2D eigenvalue weighted by atomic mass is 32.2. The molecule has 0 saturated carbocycles. The summed E-state index contributed by atoms with van der Waals surface area (Å²) in [6.07, 6.45) is 2.56. The lowest BCUT2D eigenvalue weighted by molar-refractivity contribution is -0.115. The van der Waals surface area contributed by atoms with Crippen LogP contribution in [0, 0.1) is 5.82 Å². The number of hydrogen-bond acceptors (Lipinski definition) is 4. The number of thioether (sulfide) groups is 1. The van der Waals surface area contributed by atoms with Crippen LogP contribution in [-0.2, 0) is 11.2 Å². The number of amides is 2. The molecule has 2 aromatic rings. The molecular weight excluding hydrogens is 403 g/mol. The Morgan fingerprint density at radius 1 is 1.23 bits per heavy atom. The molecule has 30 heavy (non-hydrogen) atoms. The molecule has 2 rings (SSSR count). The van der Waals surface area contributed by atoms with Crippen LogP contribution in [0.25, 0.3) is 0 Å². The lowest BCUT2D eigenvalue weighted by Crippen LogP contribution is -2.33. The van der Waals surface area contributed by atoms with Gasteiger partial charge in [0.2, 0.25) is 5.91 Å². The van der Waals surface area contributed by atoms with Gasteiger partial charge in [0, 0.05) is 12.2 Å². The number of benzene rings is 2. The van der Waals surface area contributed by atoms with Crippen molar-refractivity contribution in [2.24, 2.45) is 0 Å². The highest BCUT2D eigenvalue weighted by molar-refractivity contribution is 8.15. The van der Waals surface area contributed by atoms with E-state index in [0.29, 0.717) is 24.3 Å². The third kappa shape index (κ3) is 5.86. The molecule has 2 amide bonds. The number of carbonyl (C=O) groups excluding carboxylic acids is 2. The first-order chi connectivity index (χ1) is 14.4. The Kier molecular flexibility index (Phi) is 8.92. The van der Waals surface area contributed by atoms with Crippen molar-refractivity contribution in [2.45, 2.75) is 31.9 Å². The van der Waals surface area contributed by atoms with Gasteiger partial charge in [0.25, 0.3) is 5.24 Å². The number of nitrogens with one attached hydrogen (secondary N) is 1. The summed E-state index contributed by atoms with van der Waals surface area (Å²) in [5.74, 6) is -0.0778. The van der Waals surface area contributed by atoms with Gasteiger partial charge in [-0.2, -0.15) is 0 Å². The zero-order chi connectivity index (χ0) is 22.1. The number of methoxy groups -OCH3 is 1. The molecule has 5 nitrogen and oxygen atoms in total. The number of ether oxygens (including phenoxy) is 1. The standard InChI is InChI=1S/C23H27FN2O3S/c1-5-15-26(21-16(6-2)9-8-10-19(21)24)23(28)30-20(7-3)22(27)25-17-11-13-18(29-4)14-12-17/h5,8-14,20H,1,6-7,15H2,2-4H3,(H,25,27). The molecule has 1 N–H and O–H groups in total. The molecular formula is C23H27FN2O3S. The molecule has 0 aliphatic rings. The zero-order valence-corrected chi connectivity index (χ0v) is 18.3. The van der Waals surface area contributed by atoms with Gasteiger partial charge in [-0.3, -0.25) is 14.5 Å². The summed E-state index contributed by atoms with van der Waals surface area (Å²) >= 11 is 0.886. The second-order valence-electron chi connectivity index (χ2n) is 6.50. The van der Waals surface area contributed by atoms with E-state index in [2.05, 4.69) is 11.9 Å². The van der Waals surface area contributed by atoms with Crippen molar-refractivity contribution in [1.82, 2.24) is 0 Å². The molecule has 0 saturated heterocycles. The monoisotopic (exact) mass is 430 g/mol. The van der Waals surface area contributed by atoms with Crippen LogP contribution in [0.1, 0.15) is 25.8 Å². The van der Waals surface area contributed by atoms with Gasteiger partial charge in [0.1, 0.15) is 11.6 Å². The summed E-state index contributed by atoms with van der Waals surface area (Å²) in [7, 11) is 1.57. The summed E-state index contributed by atoms with van der Waals surface area (Å²) < 4.78 is 19.7. The van der Waals surface area contributed by atoms with Crippen LogP contribution in [0.15, 0.2) is 55.1 Å². The minimum Gasteiger partial charge on any atom is -0.497 e. The highest BCUT2D eigenvalue weighted by Gasteiger charge is 2.27. The number of rotatable bonds is 9. The largest absolute Gasteiger partial charge is 0.497 e. The van der Waals surface area contributed by atoms with Crippen LogP contribution >= 0.6 is 11.8 Å². The maximum atomic E-state index is 14.6. The van der Waals surface area contributed by atoms with Crippen molar-refractivity contribution in [1.29, 1.82) is 0 Å². The van der Waals surface area contributed by atoms with E-state index >= 15 is 0 Å². The first kappa shape index (κ1) is 23.5. The average molecular weight is 431 g/mol. The Labute approximate surface area is 181 Å². The Bertz CT molecular complexity index is 887. The van der Waals surface area contributed by atoms with Crippen molar-refractivity contribution in [2.75, 3.05) is 23.9 Å². The van der Waals surface area contributed by atoms with Gasteiger partial charge in [-0.15, -0.1) is 6.58 Å². The molecule has 0 spiro atoms. The first-order valence-corrected chi connectivity index (χ1v) is 10.6. The second kappa shape index (κ2) is 11.4. The van der Waals surface area contributed by atoms with Gasteiger partial charge in [0.15, 0.2) is 0 Å². The van der Waals surface area contributed by atoms with Crippen LogP contribution in [0.2, 0.25) is 0 Å². The number of hydrogen-bond donors (Lipinski definition) is 1. The number of para-hydroxylation sites is 1. The molecule has 1 atom stereocenters. The van der Waals surface area contributed by atoms with Gasteiger partial charge >= 0.3 is 0 Å². The van der Waals surface area contributed by atoms with E-state index in [0.717, 1.165) is 17.3 Å². The van der Waals surface area contributed by atoms with Crippen LogP contribution in [0.5, 0.6) is 5.75 Å². The normalized spacial score (nSPS) is 11.5. The van der Waals surface area contributed by atoms with Gasteiger partial charge in [-0.25, -0.2) is 4.39 Å². The number of aryl methyl sites for hydroxylation is 1. The van der Waals surface area contributed by atoms with Crippen molar-refractivity contribution >= 4 is 34.3 Å². The van der Waals surface area contributed by atoms with Crippen LogP contribution in [-0.4, -0.2) is 30.1 Å². The molecule has 0 fully saturated rings. The Morgan fingerprint density at radius 3 is 2.50 bits per heavy atom. The second-order valence-corrected chi connectivity index (χ2v) is 7.65. The third-order valence-electron chi connectivity index (χ3n) is 4.52. The summed E-state index contributed by atoms with van der Waals surface area (Å²) in [4.78, 5) is 27.1. The maximum absolute atomic E-state index is 14.6. The van der Waals surface area contributed by atoms with E-state index in [1.54, 1.807) is 49.6 Å². The fraction of sp³-hybridized carbons (Fsp3) is 0.304. The lowest BCUT2D eigenvalue weighted by Gasteiger charge is -2.25. The van der Waals surface area contributed by atoms with Gasteiger partial charge in [0.05, 0.1) is 18.0 Å². The number of anilines is 2. The minimum atomic E-state index is -0.622. The van der Waals surface area contributed by atoms with E-state index < -0.39 is 16.3 Å². The Hall–Kier alpha value is -2.80. The highest BCUT2D eigenvalue weighted by Crippen LogP contribution is 2.30. The predicted molar refractivity (Wildman–Crippen MR) is 122 cm³/mol. The number of nitrogens with zero attached hydrogens (tertiary/aromatic N) is 1. The fourth-order valence-corrected chi connectivity index (χ4v) is 3.81. The summed E-state index contributed by atoms with van der Waals surface area (Å²) in [6.45, 7) is 7.56. The third-order valence-corrected chi connectivity index (χ3v) is 5.77. The average Bonchev–Trinajstić information content (AvgIpc) is 2.76. The van der Waals surface area contributed by atoms with Gasteiger partial charge in [-0.1, -0.05) is 43.8 Å². The van der Waals surface area contributed by atoms with E-state index in [1.165, 1.54) is 11.0 Å². The van der Waals surface area contributed by atoms with E-state index in [1.807, 2.05) is 13.8 Å². The number of carbonyl (C=O) groups is 2. The van der Waals surface area contributed by atoms with Crippen molar-refractivity contribution in [3.05, 3.63) is 66.5 Å². The quantitative estimate of drug-likeness (QED) is 0.522. The van der Waals surface area contributed by atoms with Crippen LogP contribution in [0.3, 0.4) is 0 Å². The summed E-state index contributed by atoms with van der Waals surface area (Å²) in [5.41, 5.74) is 1.57. The first-order valence-electron chi connectivity index (χ1n) is 9.76. The van der Waals surface area contributed by atoms with E-state index in [-0.39, 0.29) is 18.1 Å². The molecule has 0 aliphatic carbocycles. The van der Waals surface area contributed by atoms with Crippen molar-refractivity contribution < 1.29 is 18.7 Å². The smallest absolute Gasteiger partial charge is 0.287 e. The maximum Gasteiger partial charge on any atom is 0.287 e. The van der Waals surface area contributed by atoms with Crippen molar-refractivity contribution in [3.63, 3.8) is 0 Å². The Morgan fingerprint density at radius 2 is 1.93 bits per heavy atom. The zero-order valence-electron chi connectivity index (χ0n) is 17.5. The molecule has 0 bridgehead atoms. The predicted octanol–water partition coefficient (Wildman–Crippen LogP) is 5.66. The van der Waals surface area contributed by atoms with Gasteiger partial charge in [-0.05, 0) is 48.7 Å². The van der Waals surface area contributed by atoms with Crippen LogP contribution < -0.4 is 15.0 Å². The van der Waals surface area contributed by atoms with Crippen LogP contribution in [0.4, 0.5) is 20.6 Å². The molecule has 0 radical (unpaired) electrons. The molecule has 2 aromatic carbocycles. The minimum absolute atomic E-state index is 0.149. The topological polar surface area (TPSA) is 58.6 Å². The van der Waals surface area contributed by atoms with Crippen molar-refractivity contribution in [3.8, 4) is 5.75 Å². The molecule has 0 heterocycles. The summed E-state index contributed by atoms with van der Waals surface area (Å²) in [5, 5.41) is 1.80. The molecule has 160 valence electrons. The SMILES string of the molecule is C=CCN(C(=O)SC(CC)C(=O)Nc1ccc(OC)cc1)c1c(F)cccc1CC.